The second kappa shape index (κ2) is 6.73. The number of benzene rings is 1. The first-order chi connectivity index (χ1) is 10.5. The minimum atomic E-state index is 0.0841. The molecule has 0 bridgehead atoms. The second-order valence-corrected chi connectivity index (χ2v) is 5.98. The monoisotopic (exact) mass is 298 g/mol. The molecule has 0 heterocycles. The van der Waals surface area contributed by atoms with Gasteiger partial charge in [0.1, 0.15) is 5.75 Å². The third-order valence-electron chi connectivity index (χ3n) is 3.79. The van der Waals surface area contributed by atoms with Crippen molar-refractivity contribution < 1.29 is 9.84 Å². The highest BCUT2D eigenvalue weighted by molar-refractivity contribution is 5.86. The van der Waals surface area contributed by atoms with E-state index in [-0.39, 0.29) is 18.0 Å². The SMILES string of the molecule is COc1ccc(C2=CC=C/C2=C(/[O-])N(C(C)C)C(C)C)cc1. The van der Waals surface area contributed by atoms with Gasteiger partial charge in [-0.2, -0.15) is 0 Å². The number of allylic oxidation sites excluding steroid dienone is 5. The Labute approximate surface area is 133 Å². The topological polar surface area (TPSA) is 35.5 Å². The van der Waals surface area contributed by atoms with Crippen LogP contribution in [0.1, 0.15) is 33.3 Å². The number of ether oxygens (including phenoxy) is 1. The van der Waals surface area contributed by atoms with Crippen molar-refractivity contribution in [3.63, 3.8) is 0 Å². The molecular formula is C19H24NO2-. The fraction of sp³-hybridized carbons (Fsp3) is 0.368. The molecule has 0 amide bonds. The average Bonchev–Trinajstić information content (AvgIpc) is 2.96. The predicted molar refractivity (Wildman–Crippen MR) is 89.2 cm³/mol. The summed E-state index contributed by atoms with van der Waals surface area (Å²) >= 11 is 0. The maximum absolute atomic E-state index is 12.9. The largest absolute Gasteiger partial charge is 0.860 e. The van der Waals surface area contributed by atoms with Gasteiger partial charge in [-0.05, 0) is 62.4 Å². The highest BCUT2D eigenvalue weighted by atomic mass is 16.5. The zero-order valence-electron chi connectivity index (χ0n) is 14.0. The van der Waals surface area contributed by atoms with Gasteiger partial charge in [0.25, 0.3) is 0 Å². The third kappa shape index (κ3) is 3.19. The minimum Gasteiger partial charge on any atom is -0.860 e. The van der Waals surface area contributed by atoms with E-state index in [0.717, 1.165) is 22.5 Å². The van der Waals surface area contributed by atoms with Crippen LogP contribution in [0.3, 0.4) is 0 Å². The van der Waals surface area contributed by atoms with Crippen molar-refractivity contribution in [2.75, 3.05) is 7.11 Å². The van der Waals surface area contributed by atoms with Gasteiger partial charge in [0, 0.05) is 12.1 Å². The van der Waals surface area contributed by atoms with Crippen LogP contribution in [0.5, 0.6) is 5.75 Å². The standard InChI is InChI=1S/C19H25NO2/c1-13(2)20(14(3)4)19(21)18-8-6-7-17(18)15-9-11-16(22-5)12-10-15/h6-14,21H,1-5H3/p-1/b19-18-. The summed E-state index contributed by atoms with van der Waals surface area (Å²) in [5.41, 5.74) is 2.76. The molecule has 3 heteroatoms. The fourth-order valence-electron chi connectivity index (χ4n) is 2.83. The van der Waals surface area contributed by atoms with Gasteiger partial charge in [-0.25, -0.2) is 0 Å². The lowest BCUT2D eigenvalue weighted by Gasteiger charge is -2.40. The number of hydrogen-bond acceptors (Lipinski definition) is 3. The molecule has 0 unspecified atom stereocenters. The van der Waals surface area contributed by atoms with E-state index >= 15 is 0 Å². The van der Waals surface area contributed by atoms with Crippen molar-refractivity contribution in [2.24, 2.45) is 0 Å². The van der Waals surface area contributed by atoms with Crippen LogP contribution in [-0.2, 0) is 0 Å². The minimum absolute atomic E-state index is 0.0841. The molecule has 0 saturated heterocycles. The molecular weight excluding hydrogens is 274 g/mol. The van der Waals surface area contributed by atoms with Crippen LogP contribution in [0.4, 0.5) is 0 Å². The molecule has 0 N–H and O–H groups in total. The van der Waals surface area contributed by atoms with Crippen LogP contribution < -0.4 is 9.84 Å². The first-order valence-electron chi connectivity index (χ1n) is 7.68. The molecule has 0 radical (unpaired) electrons. The zero-order valence-corrected chi connectivity index (χ0v) is 14.0. The van der Waals surface area contributed by atoms with Crippen molar-refractivity contribution >= 4 is 5.57 Å². The van der Waals surface area contributed by atoms with Crippen molar-refractivity contribution in [3.05, 3.63) is 59.5 Å². The summed E-state index contributed by atoms with van der Waals surface area (Å²) in [5, 5.41) is 12.9. The summed E-state index contributed by atoms with van der Waals surface area (Å²) in [5.74, 6) is 0.898. The quantitative estimate of drug-likeness (QED) is 0.782. The molecule has 3 nitrogen and oxygen atoms in total. The summed E-state index contributed by atoms with van der Waals surface area (Å²) in [6.07, 6.45) is 5.83. The lowest BCUT2D eigenvalue weighted by atomic mass is 10.00. The van der Waals surface area contributed by atoms with Crippen LogP contribution in [-0.4, -0.2) is 24.1 Å². The lowest BCUT2D eigenvalue weighted by molar-refractivity contribution is -0.338. The van der Waals surface area contributed by atoms with Gasteiger partial charge < -0.3 is 14.7 Å². The molecule has 118 valence electrons. The molecule has 0 saturated carbocycles. The Balaban J connectivity index is 2.39. The maximum atomic E-state index is 12.9. The number of hydrogen-bond donors (Lipinski definition) is 0. The summed E-state index contributed by atoms with van der Waals surface area (Å²) < 4.78 is 5.19. The first-order valence-corrected chi connectivity index (χ1v) is 7.68. The summed E-state index contributed by atoms with van der Waals surface area (Å²) in [4.78, 5) is 1.92. The van der Waals surface area contributed by atoms with E-state index < -0.39 is 0 Å². The van der Waals surface area contributed by atoms with Crippen molar-refractivity contribution in [2.45, 2.75) is 39.8 Å². The van der Waals surface area contributed by atoms with Crippen molar-refractivity contribution in [3.8, 4) is 5.75 Å². The Morgan fingerprint density at radius 2 is 1.64 bits per heavy atom. The Hall–Kier alpha value is -2.16. The molecule has 0 aliphatic heterocycles. The summed E-state index contributed by atoms with van der Waals surface area (Å²) in [7, 11) is 1.65. The molecule has 2 rings (SSSR count). The number of methoxy groups -OCH3 is 1. The van der Waals surface area contributed by atoms with Crippen LogP contribution in [0.2, 0.25) is 0 Å². The molecule has 0 fully saturated rings. The molecule has 0 aromatic heterocycles. The number of rotatable bonds is 5. The Morgan fingerprint density at radius 1 is 1.05 bits per heavy atom. The summed E-state index contributed by atoms with van der Waals surface area (Å²) in [6.45, 7) is 8.20. The molecule has 1 aliphatic carbocycles. The molecule has 0 spiro atoms. The lowest BCUT2D eigenvalue weighted by Crippen LogP contribution is -2.41. The van der Waals surface area contributed by atoms with E-state index in [1.54, 1.807) is 7.11 Å². The van der Waals surface area contributed by atoms with Crippen molar-refractivity contribution in [1.82, 2.24) is 4.90 Å². The predicted octanol–water partition coefficient (Wildman–Crippen LogP) is 3.34. The molecule has 1 aromatic carbocycles. The van der Waals surface area contributed by atoms with E-state index in [1.165, 1.54) is 0 Å². The van der Waals surface area contributed by atoms with Gasteiger partial charge in [0.2, 0.25) is 0 Å². The van der Waals surface area contributed by atoms with E-state index in [0.29, 0.717) is 0 Å². The van der Waals surface area contributed by atoms with Crippen molar-refractivity contribution in [1.29, 1.82) is 0 Å². The highest BCUT2D eigenvalue weighted by Crippen LogP contribution is 2.32. The van der Waals surface area contributed by atoms with Gasteiger partial charge in [0.05, 0.1) is 7.11 Å². The Kier molecular flexibility index (Phi) is 4.96. The Bertz CT molecular complexity index is 599. The van der Waals surface area contributed by atoms with E-state index in [1.807, 2.05) is 75.1 Å². The molecule has 1 aromatic rings. The van der Waals surface area contributed by atoms with Crippen LogP contribution in [0.15, 0.2) is 53.9 Å². The van der Waals surface area contributed by atoms with Crippen LogP contribution in [0.25, 0.3) is 5.57 Å². The first kappa shape index (κ1) is 16.2. The van der Waals surface area contributed by atoms with Crippen LogP contribution >= 0.6 is 0 Å². The fourth-order valence-corrected chi connectivity index (χ4v) is 2.83. The second-order valence-electron chi connectivity index (χ2n) is 5.98. The zero-order chi connectivity index (χ0) is 16.3. The van der Waals surface area contributed by atoms with Gasteiger partial charge in [-0.15, -0.1) is 0 Å². The third-order valence-corrected chi connectivity index (χ3v) is 3.79. The maximum Gasteiger partial charge on any atom is 0.118 e. The van der Waals surface area contributed by atoms with Gasteiger partial charge in [0.15, 0.2) is 0 Å². The molecule has 22 heavy (non-hydrogen) atoms. The highest BCUT2D eigenvalue weighted by Gasteiger charge is 2.17. The Morgan fingerprint density at radius 3 is 2.14 bits per heavy atom. The van der Waals surface area contributed by atoms with Gasteiger partial charge in [-0.3, -0.25) is 0 Å². The van der Waals surface area contributed by atoms with Gasteiger partial charge >= 0.3 is 0 Å². The van der Waals surface area contributed by atoms with Crippen LogP contribution in [0, 0.1) is 0 Å². The summed E-state index contributed by atoms with van der Waals surface area (Å²) in [6, 6.07) is 8.15. The number of nitrogens with zero attached hydrogens (tertiary/aromatic N) is 1. The molecule has 1 aliphatic rings. The van der Waals surface area contributed by atoms with E-state index in [4.69, 9.17) is 4.74 Å². The van der Waals surface area contributed by atoms with E-state index in [9.17, 15) is 5.11 Å². The van der Waals surface area contributed by atoms with Gasteiger partial charge in [-0.1, -0.05) is 30.4 Å². The molecule has 0 atom stereocenters. The van der Waals surface area contributed by atoms with E-state index in [2.05, 4.69) is 0 Å². The smallest absolute Gasteiger partial charge is 0.118 e. The average molecular weight is 298 g/mol. The normalized spacial score (nSPS) is 16.2.